The van der Waals surface area contributed by atoms with Crippen molar-refractivity contribution in [2.45, 2.75) is 32.6 Å². The minimum Gasteiger partial charge on any atom is -0.497 e. The third-order valence-corrected chi connectivity index (χ3v) is 5.69. The van der Waals surface area contributed by atoms with Crippen molar-refractivity contribution >= 4 is 23.2 Å². The van der Waals surface area contributed by atoms with Crippen molar-refractivity contribution in [3.63, 3.8) is 0 Å². The van der Waals surface area contributed by atoms with Gasteiger partial charge in [-0.2, -0.15) is 0 Å². The van der Waals surface area contributed by atoms with Crippen LogP contribution in [0, 0.1) is 13.8 Å². The molecule has 0 unspecified atom stereocenters. The Balaban J connectivity index is 1.32. The van der Waals surface area contributed by atoms with Gasteiger partial charge in [-0.1, -0.05) is 0 Å². The summed E-state index contributed by atoms with van der Waals surface area (Å²) in [5.74, 6) is 1.64. The Morgan fingerprint density at radius 3 is 2.48 bits per heavy atom. The Morgan fingerprint density at radius 1 is 1.09 bits per heavy atom. The van der Waals surface area contributed by atoms with Crippen molar-refractivity contribution < 1.29 is 9.53 Å². The van der Waals surface area contributed by atoms with E-state index < -0.39 is 0 Å². The lowest BCUT2D eigenvalue weighted by molar-refractivity contribution is -0.117. The fourth-order valence-electron chi connectivity index (χ4n) is 4.15. The number of hydrogen-bond donors (Lipinski definition) is 2. The molecule has 0 aliphatic carbocycles. The summed E-state index contributed by atoms with van der Waals surface area (Å²) in [4.78, 5) is 28.2. The molecule has 2 N–H and O–H groups in total. The number of carbonyl (C=O) groups excluding carboxylic acids is 1. The highest BCUT2D eigenvalue weighted by Crippen LogP contribution is 2.26. The molecule has 1 atom stereocenters. The number of nitrogens with one attached hydrogen (secondary N) is 2. The van der Waals surface area contributed by atoms with Crippen molar-refractivity contribution in [1.29, 1.82) is 0 Å². The number of pyridine rings is 1. The number of hydrogen-bond acceptors (Lipinski definition) is 7. The van der Waals surface area contributed by atoms with Crippen molar-refractivity contribution in [2.75, 3.05) is 37.4 Å². The molecule has 172 valence electrons. The van der Waals surface area contributed by atoms with Gasteiger partial charge < -0.3 is 15.4 Å². The average molecular weight is 447 g/mol. The van der Waals surface area contributed by atoms with Crippen molar-refractivity contribution in [3.05, 3.63) is 65.7 Å². The molecule has 1 aliphatic rings. The molecule has 4 rings (SSSR count). The van der Waals surface area contributed by atoms with E-state index in [9.17, 15) is 4.79 Å². The zero-order valence-corrected chi connectivity index (χ0v) is 19.3. The summed E-state index contributed by atoms with van der Waals surface area (Å²) in [6.45, 7) is 6.00. The van der Waals surface area contributed by atoms with E-state index in [-0.39, 0.29) is 5.91 Å². The Morgan fingerprint density at radius 2 is 1.82 bits per heavy atom. The van der Waals surface area contributed by atoms with Gasteiger partial charge in [0.2, 0.25) is 11.9 Å². The topological polar surface area (TPSA) is 92.3 Å². The molecule has 8 heteroatoms. The summed E-state index contributed by atoms with van der Waals surface area (Å²) < 4.78 is 5.16. The highest BCUT2D eigenvalue weighted by Gasteiger charge is 2.23. The molecule has 1 aliphatic heterocycles. The number of anilines is 3. The lowest BCUT2D eigenvalue weighted by atomic mass is 9.94. The number of aryl methyl sites for hydroxylation is 2. The smallest absolute Gasteiger partial charge is 0.238 e. The van der Waals surface area contributed by atoms with Crippen molar-refractivity contribution in [1.82, 2.24) is 19.9 Å². The van der Waals surface area contributed by atoms with Crippen LogP contribution in [0.3, 0.4) is 0 Å². The van der Waals surface area contributed by atoms with Crippen LogP contribution >= 0.6 is 0 Å². The minimum absolute atomic E-state index is 0.0122. The van der Waals surface area contributed by atoms with Gasteiger partial charge in [0.1, 0.15) is 5.75 Å². The lowest BCUT2D eigenvalue weighted by Gasteiger charge is -2.32. The molecule has 33 heavy (non-hydrogen) atoms. The predicted octanol–water partition coefficient (Wildman–Crippen LogP) is 4.06. The van der Waals surface area contributed by atoms with Crippen LogP contribution in [-0.2, 0) is 4.79 Å². The van der Waals surface area contributed by atoms with Crippen LogP contribution in [0.2, 0.25) is 0 Å². The summed E-state index contributed by atoms with van der Waals surface area (Å²) in [5.41, 5.74) is 4.52. The van der Waals surface area contributed by atoms with Gasteiger partial charge in [-0.15, -0.1) is 0 Å². The van der Waals surface area contributed by atoms with Crippen LogP contribution in [0.4, 0.5) is 17.3 Å². The maximum absolute atomic E-state index is 12.5. The molecule has 3 aromatic rings. The van der Waals surface area contributed by atoms with E-state index in [1.54, 1.807) is 7.11 Å². The number of ether oxygens (including phenoxy) is 1. The first-order valence-corrected chi connectivity index (χ1v) is 11.2. The summed E-state index contributed by atoms with van der Waals surface area (Å²) in [5, 5.41) is 6.19. The van der Waals surface area contributed by atoms with Gasteiger partial charge in [-0.25, -0.2) is 9.97 Å². The number of amides is 1. The number of carbonyl (C=O) groups is 1. The fraction of sp³-hybridized carbons (Fsp3) is 0.360. The Labute approximate surface area is 194 Å². The average Bonchev–Trinajstić information content (AvgIpc) is 2.79. The standard InChI is InChI=1S/C25H30N6O2/c1-17-13-18(2)28-25(27-17)30-21-8-11-23(26-14-21)19-5-4-12-31(15-19)16-24(32)29-20-6-9-22(33-3)10-7-20/h6-11,13-14,19H,4-5,12,15-16H2,1-3H3,(H,29,32)(H,27,28,30)/t19-/m1/s1. The van der Waals surface area contributed by atoms with Crippen LogP contribution in [0.15, 0.2) is 48.7 Å². The largest absolute Gasteiger partial charge is 0.497 e. The molecule has 1 amide bonds. The maximum atomic E-state index is 12.5. The monoisotopic (exact) mass is 446 g/mol. The number of aromatic nitrogens is 3. The molecule has 0 radical (unpaired) electrons. The summed E-state index contributed by atoms with van der Waals surface area (Å²) in [6, 6.07) is 13.4. The molecule has 1 aromatic carbocycles. The molecule has 0 spiro atoms. The van der Waals surface area contributed by atoms with Crippen molar-refractivity contribution in [2.24, 2.45) is 0 Å². The zero-order chi connectivity index (χ0) is 23.2. The zero-order valence-electron chi connectivity index (χ0n) is 19.3. The van der Waals surface area contributed by atoms with Crippen LogP contribution in [0.1, 0.15) is 35.8 Å². The summed E-state index contributed by atoms with van der Waals surface area (Å²) in [7, 11) is 1.62. The van der Waals surface area contributed by atoms with Crippen LogP contribution in [0.25, 0.3) is 0 Å². The van der Waals surface area contributed by atoms with E-state index in [0.717, 1.165) is 60.1 Å². The first-order valence-electron chi connectivity index (χ1n) is 11.2. The Kier molecular flexibility index (Phi) is 7.14. The van der Waals surface area contributed by atoms with Gasteiger partial charge in [0.25, 0.3) is 0 Å². The number of piperidine rings is 1. The fourth-order valence-corrected chi connectivity index (χ4v) is 4.15. The number of nitrogens with zero attached hydrogens (tertiary/aromatic N) is 4. The molecule has 1 fully saturated rings. The third-order valence-electron chi connectivity index (χ3n) is 5.69. The second kappa shape index (κ2) is 10.4. The third kappa shape index (κ3) is 6.26. The van der Waals surface area contributed by atoms with Gasteiger partial charge in [0.15, 0.2) is 0 Å². The van der Waals surface area contributed by atoms with Crippen molar-refractivity contribution in [3.8, 4) is 5.75 Å². The molecule has 0 saturated carbocycles. The number of benzene rings is 1. The van der Waals surface area contributed by atoms with Crippen LogP contribution < -0.4 is 15.4 Å². The predicted molar refractivity (Wildman–Crippen MR) is 129 cm³/mol. The molecule has 8 nitrogen and oxygen atoms in total. The van der Waals surface area contributed by atoms with Gasteiger partial charge in [0.05, 0.1) is 25.5 Å². The summed E-state index contributed by atoms with van der Waals surface area (Å²) >= 11 is 0. The number of rotatable bonds is 7. The Hall–Kier alpha value is -3.52. The first kappa shape index (κ1) is 22.7. The van der Waals surface area contributed by atoms with Gasteiger partial charge >= 0.3 is 0 Å². The van der Waals surface area contributed by atoms with Crippen LogP contribution in [0.5, 0.6) is 5.75 Å². The lowest BCUT2D eigenvalue weighted by Crippen LogP contribution is -2.39. The van der Waals surface area contributed by atoms with E-state index in [1.165, 1.54) is 0 Å². The molecule has 1 saturated heterocycles. The van der Waals surface area contributed by atoms with E-state index in [4.69, 9.17) is 4.74 Å². The van der Waals surface area contributed by atoms with Gasteiger partial charge in [0, 0.05) is 35.2 Å². The van der Waals surface area contributed by atoms with E-state index in [2.05, 4.69) is 36.6 Å². The second-order valence-corrected chi connectivity index (χ2v) is 8.42. The molecule has 0 bridgehead atoms. The number of methoxy groups -OCH3 is 1. The second-order valence-electron chi connectivity index (χ2n) is 8.42. The highest BCUT2D eigenvalue weighted by atomic mass is 16.5. The molecule has 3 heterocycles. The Bertz CT molecular complexity index is 1060. The highest BCUT2D eigenvalue weighted by molar-refractivity contribution is 5.92. The van der Waals surface area contributed by atoms with Gasteiger partial charge in [-0.3, -0.25) is 14.7 Å². The van der Waals surface area contributed by atoms with Gasteiger partial charge in [-0.05, 0) is 75.7 Å². The number of likely N-dealkylation sites (tertiary alicyclic amines) is 1. The maximum Gasteiger partial charge on any atom is 0.238 e. The molecular formula is C25H30N6O2. The summed E-state index contributed by atoms with van der Waals surface area (Å²) in [6.07, 6.45) is 3.93. The first-order chi connectivity index (χ1) is 16.0. The normalized spacial score (nSPS) is 16.3. The minimum atomic E-state index is -0.0122. The quantitative estimate of drug-likeness (QED) is 0.565. The molecule has 2 aromatic heterocycles. The van der Waals surface area contributed by atoms with E-state index >= 15 is 0 Å². The SMILES string of the molecule is COc1ccc(NC(=O)CN2CCC[C@@H](c3ccc(Nc4nc(C)cc(C)n4)cn3)C2)cc1. The molecular weight excluding hydrogens is 416 g/mol. The van der Waals surface area contributed by atoms with Crippen LogP contribution in [-0.4, -0.2) is 52.5 Å². The van der Waals surface area contributed by atoms with E-state index in [0.29, 0.717) is 18.4 Å². The van der Waals surface area contributed by atoms with E-state index in [1.807, 2.05) is 56.4 Å².